The molecule has 0 aliphatic rings. The van der Waals surface area contributed by atoms with Gasteiger partial charge in [-0.25, -0.2) is 0 Å². The average molecular weight is 326 g/mol. The molecule has 0 radical (unpaired) electrons. The van der Waals surface area contributed by atoms with Gasteiger partial charge in [0.1, 0.15) is 12.4 Å². The standard InChI is InChI=1S/C21H26O3/c1-21(2,3)18-13-11-17(12-14-18)16-24-20(22)10-7-15-23-19-8-5-4-6-9-19/h4-6,8-9,11-14H,7,10,15-16H2,1-3H3. The summed E-state index contributed by atoms with van der Waals surface area (Å²) < 4.78 is 10.9. The second kappa shape index (κ2) is 8.53. The zero-order valence-corrected chi connectivity index (χ0v) is 14.7. The SMILES string of the molecule is CC(C)(C)c1ccc(COC(=O)CCCOc2ccccc2)cc1. The van der Waals surface area contributed by atoms with Gasteiger partial charge in [-0.15, -0.1) is 0 Å². The number of rotatable bonds is 7. The first kappa shape index (κ1) is 18.1. The van der Waals surface area contributed by atoms with Crippen molar-refractivity contribution in [2.45, 2.75) is 45.6 Å². The van der Waals surface area contributed by atoms with Gasteiger partial charge in [-0.05, 0) is 35.1 Å². The lowest BCUT2D eigenvalue weighted by molar-refractivity contribution is -0.145. The Labute approximate surface area is 144 Å². The van der Waals surface area contributed by atoms with Crippen molar-refractivity contribution in [2.75, 3.05) is 6.61 Å². The maximum absolute atomic E-state index is 11.8. The molecular weight excluding hydrogens is 300 g/mol. The van der Waals surface area contributed by atoms with Gasteiger partial charge in [0, 0.05) is 6.42 Å². The molecule has 0 unspecified atom stereocenters. The van der Waals surface area contributed by atoms with E-state index in [2.05, 4.69) is 32.9 Å². The number of para-hydroxylation sites is 1. The van der Waals surface area contributed by atoms with Crippen LogP contribution in [0.2, 0.25) is 0 Å². The number of carbonyl (C=O) groups is 1. The van der Waals surface area contributed by atoms with E-state index >= 15 is 0 Å². The van der Waals surface area contributed by atoms with Crippen LogP contribution >= 0.6 is 0 Å². The van der Waals surface area contributed by atoms with Gasteiger partial charge in [0.05, 0.1) is 6.61 Å². The van der Waals surface area contributed by atoms with Gasteiger partial charge in [0.15, 0.2) is 0 Å². The Morgan fingerprint density at radius 3 is 2.25 bits per heavy atom. The molecule has 0 spiro atoms. The fourth-order valence-corrected chi connectivity index (χ4v) is 2.26. The van der Waals surface area contributed by atoms with Crippen molar-refractivity contribution in [3.63, 3.8) is 0 Å². The number of carbonyl (C=O) groups excluding carboxylic acids is 1. The Hall–Kier alpha value is -2.29. The molecule has 128 valence electrons. The minimum absolute atomic E-state index is 0.133. The predicted molar refractivity (Wildman–Crippen MR) is 96.1 cm³/mol. The van der Waals surface area contributed by atoms with Crippen LogP contribution in [0.4, 0.5) is 0 Å². The van der Waals surface area contributed by atoms with E-state index in [4.69, 9.17) is 9.47 Å². The van der Waals surface area contributed by atoms with Crippen LogP contribution in [0.25, 0.3) is 0 Å². The summed E-state index contributed by atoms with van der Waals surface area (Å²) in [6.45, 7) is 7.38. The molecule has 24 heavy (non-hydrogen) atoms. The van der Waals surface area contributed by atoms with Crippen LogP contribution in [0.1, 0.15) is 44.7 Å². The predicted octanol–water partition coefficient (Wildman–Crippen LogP) is 4.89. The molecule has 3 heteroatoms. The highest BCUT2D eigenvalue weighted by Crippen LogP contribution is 2.22. The first-order valence-corrected chi connectivity index (χ1v) is 8.38. The maximum atomic E-state index is 11.8. The third-order valence-corrected chi connectivity index (χ3v) is 3.76. The summed E-state index contributed by atoms with van der Waals surface area (Å²) >= 11 is 0. The van der Waals surface area contributed by atoms with E-state index in [-0.39, 0.29) is 11.4 Å². The van der Waals surface area contributed by atoms with Gasteiger partial charge in [0.2, 0.25) is 0 Å². The zero-order valence-electron chi connectivity index (χ0n) is 14.7. The minimum atomic E-state index is -0.188. The first-order chi connectivity index (χ1) is 11.4. The molecule has 0 atom stereocenters. The topological polar surface area (TPSA) is 35.5 Å². The number of hydrogen-bond acceptors (Lipinski definition) is 3. The molecule has 0 heterocycles. The van der Waals surface area contributed by atoms with Crippen molar-refractivity contribution in [3.05, 3.63) is 65.7 Å². The van der Waals surface area contributed by atoms with Crippen LogP contribution in [-0.4, -0.2) is 12.6 Å². The van der Waals surface area contributed by atoms with E-state index in [0.29, 0.717) is 26.1 Å². The summed E-state index contributed by atoms with van der Waals surface area (Å²) in [5.74, 6) is 0.636. The van der Waals surface area contributed by atoms with Gasteiger partial charge in [-0.2, -0.15) is 0 Å². The fraction of sp³-hybridized carbons (Fsp3) is 0.381. The summed E-state index contributed by atoms with van der Waals surface area (Å²) in [6.07, 6.45) is 1.02. The molecule has 0 bridgehead atoms. The Bertz CT molecular complexity index is 624. The van der Waals surface area contributed by atoms with E-state index in [1.54, 1.807) is 0 Å². The second-order valence-electron chi connectivity index (χ2n) is 6.87. The van der Waals surface area contributed by atoms with Gasteiger partial charge < -0.3 is 9.47 Å². The molecule has 0 aliphatic heterocycles. The third-order valence-electron chi connectivity index (χ3n) is 3.76. The molecule has 2 aromatic rings. The molecule has 0 aliphatic carbocycles. The van der Waals surface area contributed by atoms with Crippen LogP contribution in [0.15, 0.2) is 54.6 Å². The minimum Gasteiger partial charge on any atom is -0.494 e. The van der Waals surface area contributed by atoms with Crippen LogP contribution in [0.5, 0.6) is 5.75 Å². The summed E-state index contributed by atoms with van der Waals surface area (Å²) in [4.78, 5) is 11.8. The fourth-order valence-electron chi connectivity index (χ4n) is 2.26. The summed E-state index contributed by atoms with van der Waals surface area (Å²) in [5, 5.41) is 0. The second-order valence-corrected chi connectivity index (χ2v) is 6.87. The number of hydrogen-bond donors (Lipinski definition) is 0. The largest absolute Gasteiger partial charge is 0.494 e. The Morgan fingerprint density at radius 1 is 0.958 bits per heavy atom. The molecule has 2 aromatic carbocycles. The summed E-state index contributed by atoms with van der Waals surface area (Å²) in [5.41, 5.74) is 2.42. The van der Waals surface area contributed by atoms with Crippen LogP contribution in [0, 0.1) is 0 Å². The van der Waals surface area contributed by atoms with Crippen molar-refractivity contribution >= 4 is 5.97 Å². The van der Waals surface area contributed by atoms with Crippen LogP contribution < -0.4 is 4.74 Å². The Morgan fingerprint density at radius 2 is 1.62 bits per heavy atom. The van der Waals surface area contributed by atoms with E-state index in [9.17, 15) is 4.79 Å². The highest BCUT2D eigenvalue weighted by Gasteiger charge is 2.13. The van der Waals surface area contributed by atoms with Gasteiger partial charge >= 0.3 is 5.97 Å². The van der Waals surface area contributed by atoms with E-state index in [1.807, 2.05) is 42.5 Å². The van der Waals surface area contributed by atoms with E-state index in [1.165, 1.54) is 5.56 Å². The molecule has 3 nitrogen and oxygen atoms in total. The molecular formula is C21H26O3. The highest BCUT2D eigenvalue weighted by molar-refractivity contribution is 5.69. The lowest BCUT2D eigenvalue weighted by Gasteiger charge is -2.19. The normalized spacial score (nSPS) is 11.1. The van der Waals surface area contributed by atoms with Gasteiger partial charge in [-0.1, -0.05) is 63.2 Å². The van der Waals surface area contributed by atoms with Crippen molar-refractivity contribution in [2.24, 2.45) is 0 Å². The lowest BCUT2D eigenvalue weighted by Crippen LogP contribution is -2.11. The highest BCUT2D eigenvalue weighted by atomic mass is 16.5. The molecule has 0 fully saturated rings. The quantitative estimate of drug-likeness (QED) is 0.537. The number of benzene rings is 2. The first-order valence-electron chi connectivity index (χ1n) is 8.38. The molecule has 2 rings (SSSR count). The third kappa shape index (κ3) is 6.07. The van der Waals surface area contributed by atoms with Crippen molar-refractivity contribution in [1.29, 1.82) is 0 Å². The molecule has 0 amide bonds. The molecule has 0 aromatic heterocycles. The lowest BCUT2D eigenvalue weighted by atomic mass is 9.87. The number of esters is 1. The Kier molecular flexibility index (Phi) is 6.42. The zero-order chi connectivity index (χ0) is 17.4. The molecule has 0 saturated heterocycles. The number of ether oxygens (including phenoxy) is 2. The Balaban J connectivity index is 1.66. The van der Waals surface area contributed by atoms with Crippen molar-refractivity contribution < 1.29 is 14.3 Å². The molecule has 0 N–H and O–H groups in total. The van der Waals surface area contributed by atoms with Gasteiger partial charge in [0.25, 0.3) is 0 Å². The van der Waals surface area contributed by atoms with Crippen molar-refractivity contribution in [3.8, 4) is 5.75 Å². The average Bonchev–Trinajstić information content (AvgIpc) is 2.57. The van der Waals surface area contributed by atoms with Crippen LogP contribution in [0.3, 0.4) is 0 Å². The van der Waals surface area contributed by atoms with E-state index < -0.39 is 0 Å². The maximum Gasteiger partial charge on any atom is 0.306 e. The van der Waals surface area contributed by atoms with Crippen molar-refractivity contribution in [1.82, 2.24) is 0 Å². The molecule has 0 saturated carbocycles. The van der Waals surface area contributed by atoms with Gasteiger partial charge in [-0.3, -0.25) is 4.79 Å². The van der Waals surface area contributed by atoms with E-state index in [0.717, 1.165) is 11.3 Å². The summed E-state index contributed by atoms with van der Waals surface area (Å²) in [6, 6.07) is 17.8. The smallest absolute Gasteiger partial charge is 0.306 e. The summed E-state index contributed by atoms with van der Waals surface area (Å²) in [7, 11) is 0. The monoisotopic (exact) mass is 326 g/mol. The van der Waals surface area contributed by atoms with Crippen LogP contribution in [-0.2, 0) is 21.6 Å².